The number of ether oxygens (including phenoxy) is 1. The van der Waals surface area contributed by atoms with Crippen LogP contribution in [0.15, 0.2) is 30.3 Å². The number of hydrogen-bond donors (Lipinski definition) is 0. The maximum atomic E-state index is 12.3. The summed E-state index contributed by atoms with van der Waals surface area (Å²) in [5.41, 5.74) is 2.93. The van der Waals surface area contributed by atoms with Crippen molar-refractivity contribution in [2.45, 2.75) is 32.2 Å². The first-order valence-electron chi connectivity index (χ1n) is 10.1. The number of carbonyl (C=O) groups excluding carboxylic acids is 1. The Morgan fingerprint density at radius 3 is 2.85 bits per heavy atom. The number of rotatable bonds is 5. The minimum absolute atomic E-state index is 0.254. The maximum absolute atomic E-state index is 12.3. The molecule has 0 bridgehead atoms. The smallest absolute Gasteiger partial charge is 0.222 e. The summed E-state index contributed by atoms with van der Waals surface area (Å²) in [6, 6.07) is 10.9. The third kappa shape index (κ3) is 3.76. The van der Waals surface area contributed by atoms with Crippen molar-refractivity contribution in [3.8, 4) is 0 Å². The van der Waals surface area contributed by atoms with Crippen molar-refractivity contribution in [3.05, 3.63) is 36.0 Å². The number of aryl methyl sites for hydroxylation is 1. The van der Waals surface area contributed by atoms with Crippen LogP contribution >= 0.6 is 0 Å². The molecule has 0 saturated carbocycles. The van der Waals surface area contributed by atoms with Crippen LogP contribution in [0, 0.1) is 5.41 Å². The molecule has 0 N–H and O–H groups in total. The molecule has 4 rings (SSSR count). The second kappa shape index (κ2) is 7.64. The summed E-state index contributed by atoms with van der Waals surface area (Å²) in [5, 5.41) is 1.32. The minimum atomic E-state index is 0.254. The number of carbonyl (C=O) groups is 1. The van der Waals surface area contributed by atoms with E-state index in [-0.39, 0.29) is 5.41 Å². The van der Waals surface area contributed by atoms with E-state index < -0.39 is 0 Å². The van der Waals surface area contributed by atoms with Gasteiger partial charge >= 0.3 is 0 Å². The van der Waals surface area contributed by atoms with Crippen LogP contribution in [0.25, 0.3) is 10.9 Å². The summed E-state index contributed by atoms with van der Waals surface area (Å²) in [4.78, 5) is 16.9. The first kappa shape index (κ1) is 18.5. The second-order valence-electron chi connectivity index (χ2n) is 8.38. The van der Waals surface area contributed by atoms with Crippen molar-refractivity contribution in [2.75, 3.05) is 39.9 Å². The Morgan fingerprint density at radius 2 is 2.04 bits per heavy atom. The minimum Gasteiger partial charge on any atom is -0.383 e. The Hall–Kier alpha value is -1.85. The lowest BCUT2D eigenvalue weighted by Gasteiger charge is -2.48. The molecular weight excluding hydrogens is 338 g/mol. The van der Waals surface area contributed by atoms with Gasteiger partial charge in [-0.25, -0.2) is 0 Å². The fraction of sp³-hybridized carbons (Fsp3) is 0.591. The van der Waals surface area contributed by atoms with E-state index in [1.807, 2.05) is 4.90 Å². The third-order valence-electron chi connectivity index (χ3n) is 6.49. The van der Waals surface area contributed by atoms with E-state index in [2.05, 4.69) is 46.8 Å². The Bertz CT molecular complexity index is 815. The van der Waals surface area contributed by atoms with Crippen molar-refractivity contribution in [1.29, 1.82) is 0 Å². The zero-order valence-electron chi connectivity index (χ0n) is 16.6. The molecule has 2 saturated heterocycles. The van der Waals surface area contributed by atoms with Crippen LogP contribution in [0.5, 0.6) is 0 Å². The lowest BCUT2D eigenvalue weighted by molar-refractivity contribution is -0.140. The fourth-order valence-corrected chi connectivity index (χ4v) is 5.01. The summed E-state index contributed by atoms with van der Waals surface area (Å²) in [7, 11) is 3.87. The van der Waals surface area contributed by atoms with Crippen molar-refractivity contribution in [3.63, 3.8) is 0 Å². The molecule has 1 unspecified atom stereocenters. The van der Waals surface area contributed by atoms with Gasteiger partial charge in [-0.15, -0.1) is 0 Å². The molecule has 1 aromatic heterocycles. The predicted molar refractivity (Wildman–Crippen MR) is 108 cm³/mol. The largest absolute Gasteiger partial charge is 0.383 e. The number of likely N-dealkylation sites (tertiary alicyclic amines) is 2. The Balaban J connectivity index is 1.47. The topological polar surface area (TPSA) is 37.7 Å². The molecule has 27 heavy (non-hydrogen) atoms. The number of para-hydroxylation sites is 1. The maximum Gasteiger partial charge on any atom is 0.222 e. The van der Waals surface area contributed by atoms with E-state index in [0.717, 1.165) is 39.1 Å². The van der Waals surface area contributed by atoms with Crippen molar-refractivity contribution < 1.29 is 9.53 Å². The van der Waals surface area contributed by atoms with Gasteiger partial charge in [-0.1, -0.05) is 18.2 Å². The van der Waals surface area contributed by atoms with Crippen LogP contribution in [0.4, 0.5) is 0 Å². The standard InChI is InChI=1S/C22H31N3O2/c1-23-19(14-18-6-3-4-7-20(18)23)15-24-11-5-9-22(16-24)10-8-21(26)25(17-22)12-13-27-2/h3-4,6-7,14H,5,8-13,15-17H2,1-2H3. The lowest BCUT2D eigenvalue weighted by atomic mass is 9.73. The van der Waals surface area contributed by atoms with E-state index in [1.165, 1.54) is 29.4 Å². The molecule has 3 heterocycles. The van der Waals surface area contributed by atoms with Crippen LogP contribution in [0.2, 0.25) is 0 Å². The summed E-state index contributed by atoms with van der Waals surface area (Å²) in [6.07, 6.45) is 4.16. The molecule has 1 atom stereocenters. The molecular formula is C22H31N3O2. The first-order chi connectivity index (χ1) is 13.1. The zero-order chi connectivity index (χ0) is 18.9. The van der Waals surface area contributed by atoms with Gasteiger partial charge in [0.2, 0.25) is 5.91 Å². The van der Waals surface area contributed by atoms with E-state index in [1.54, 1.807) is 7.11 Å². The van der Waals surface area contributed by atoms with Gasteiger partial charge in [-0.2, -0.15) is 0 Å². The van der Waals surface area contributed by atoms with Gasteiger partial charge in [0.25, 0.3) is 0 Å². The highest BCUT2D eigenvalue weighted by atomic mass is 16.5. The van der Waals surface area contributed by atoms with Crippen molar-refractivity contribution >= 4 is 16.8 Å². The van der Waals surface area contributed by atoms with Gasteiger partial charge in [0.1, 0.15) is 0 Å². The molecule has 1 amide bonds. The lowest BCUT2D eigenvalue weighted by Crippen LogP contribution is -2.54. The molecule has 1 spiro atoms. The molecule has 2 aliphatic rings. The van der Waals surface area contributed by atoms with E-state index in [4.69, 9.17) is 4.74 Å². The Morgan fingerprint density at radius 1 is 1.19 bits per heavy atom. The number of amides is 1. The van der Waals surface area contributed by atoms with Gasteiger partial charge in [0.05, 0.1) is 6.61 Å². The molecule has 5 heteroatoms. The van der Waals surface area contributed by atoms with Gasteiger partial charge in [0, 0.05) is 63.4 Å². The molecule has 2 fully saturated rings. The molecule has 2 aliphatic heterocycles. The third-order valence-corrected chi connectivity index (χ3v) is 6.49. The quantitative estimate of drug-likeness (QED) is 0.813. The fourth-order valence-electron chi connectivity index (χ4n) is 5.01. The highest BCUT2D eigenvalue weighted by molar-refractivity contribution is 5.81. The Kier molecular flexibility index (Phi) is 5.24. The summed E-state index contributed by atoms with van der Waals surface area (Å²) >= 11 is 0. The van der Waals surface area contributed by atoms with Crippen LogP contribution in [-0.4, -0.2) is 60.2 Å². The predicted octanol–water partition coefficient (Wildman–Crippen LogP) is 3.03. The van der Waals surface area contributed by atoms with Gasteiger partial charge in [0.15, 0.2) is 0 Å². The van der Waals surface area contributed by atoms with Gasteiger partial charge in [-0.05, 0) is 43.3 Å². The number of fused-ring (bicyclic) bond motifs is 1. The van der Waals surface area contributed by atoms with Crippen LogP contribution < -0.4 is 0 Å². The monoisotopic (exact) mass is 369 g/mol. The van der Waals surface area contributed by atoms with E-state index in [0.29, 0.717) is 18.9 Å². The first-order valence-corrected chi connectivity index (χ1v) is 10.1. The highest BCUT2D eigenvalue weighted by Crippen LogP contribution is 2.39. The van der Waals surface area contributed by atoms with Crippen molar-refractivity contribution in [2.24, 2.45) is 12.5 Å². The van der Waals surface area contributed by atoms with E-state index in [9.17, 15) is 4.79 Å². The molecule has 0 aliphatic carbocycles. The van der Waals surface area contributed by atoms with Crippen LogP contribution in [0.3, 0.4) is 0 Å². The molecule has 146 valence electrons. The van der Waals surface area contributed by atoms with Crippen LogP contribution in [0.1, 0.15) is 31.4 Å². The number of hydrogen-bond acceptors (Lipinski definition) is 3. The molecule has 5 nitrogen and oxygen atoms in total. The van der Waals surface area contributed by atoms with E-state index >= 15 is 0 Å². The van der Waals surface area contributed by atoms with Crippen molar-refractivity contribution in [1.82, 2.24) is 14.4 Å². The average molecular weight is 370 g/mol. The summed E-state index contributed by atoms with van der Waals surface area (Å²) < 4.78 is 7.53. The number of benzene rings is 1. The highest BCUT2D eigenvalue weighted by Gasteiger charge is 2.41. The number of aromatic nitrogens is 1. The second-order valence-corrected chi connectivity index (χ2v) is 8.38. The number of piperidine rings is 2. The molecule has 0 radical (unpaired) electrons. The normalized spacial score (nSPS) is 24.2. The number of methoxy groups -OCH3 is 1. The molecule has 2 aromatic rings. The number of nitrogens with zero attached hydrogens (tertiary/aromatic N) is 3. The summed E-state index contributed by atoms with van der Waals surface area (Å²) in [6.45, 7) is 5.46. The average Bonchev–Trinajstić information content (AvgIpc) is 2.99. The van der Waals surface area contributed by atoms with Crippen LogP contribution in [-0.2, 0) is 23.1 Å². The zero-order valence-corrected chi connectivity index (χ0v) is 16.6. The summed E-state index contributed by atoms with van der Waals surface area (Å²) in [5.74, 6) is 0.295. The Labute approximate surface area is 161 Å². The molecule has 1 aromatic carbocycles. The SMILES string of the molecule is COCCN1CC2(CCCN(Cc3cc4ccccc4n3C)C2)CCC1=O. The van der Waals surface area contributed by atoms with Gasteiger partial charge < -0.3 is 14.2 Å². The van der Waals surface area contributed by atoms with Gasteiger partial charge in [-0.3, -0.25) is 9.69 Å².